The van der Waals surface area contributed by atoms with Crippen molar-refractivity contribution < 1.29 is 14.1 Å². The Hall–Kier alpha value is -3.22. The lowest BCUT2D eigenvalue weighted by atomic mass is 10.0. The molecule has 1 fully saturated rings. The molecule has 150 valence electrons. The lowest BCUT2D eigenvalue weighted by molar-refractivity contribution is -0.132. The zero-order valence-corrected chi connectivity index (χ0v) is 16.5. The van der Waals surface area contributed by atoms with Gasteiger partial charge in [-0.1, -0.05) is 17.3 Å². The van der Waals surface area contributed by atoms with Crippen molar-refractivity contribution in [2.24, 2.45) is 0 Å². The molecule has 7 nitrogen and oxygen atoms in total. The molecule has 0 spiro atoms. The van der Waals surface area contributed by atoms with E-state index in [1.165, 1.54) is 0 Å². The monoisotopic (exact) mass is 392 g/mol. The van der Waals surface area contributed by atoms with Gasteiger partial charge in [-0.15, -0.1) is 0 Å². The van der Waals surface area contributed by atoms with Crippen LogP contribution in [0.15, 0.2) is 53.3 Å². The van der Waals surface area contributed by atoms with Gasteiger partial charge >= 0.3 is 0 Å². The first-order valence-electron chi connectivity index (χ1n) is 10.00. The van der Waals surface area contributed by atoms with Crippen LogP contribution in [0.1, 0.15) is 43.7 Å². The van der Waals surface area contributed by atoms with E-state index in [4.69, 9.17) is 9.26 Å². The van der Waals surface area contributed by atoms with Gasteiger partial charge in [-0.3, -0.25) is 9.78 Å². The highest BCUT2D eigenvalue weighted by atomic mass is 16.5. The summed E-state index contributed by atoms with van der Waals surface area (Å²) in [4.78, 5) is 23.2. The average molecular weight is 392 g/mol. The Balaban J connectivity index is 1.37. The minimum Gasteiger partial charge on any atom is -0.494 e. The normalized spacial score (nSPS) is 16.2. The molecule has 1 saturated heterocycles. The molecule has 1 unspecified atom stereocenters. The molecule has 4 rings (SSSR count). The molecule has 7 heteroatoms. The van der Waals surface area contributed by atoms with Gasteiger partial charge in [-0.05, 0) is 49.6 Å². The van der Waals surface area contributed by atoms with Crippen molar-refractivity contribution in [1.82, 2.24) is 20.0 Å². The maximum atomic E-state index is 12.9. The van der Waals surface area contributed by atoms with Crippen LogP contribution in [0.2, 0.25) is 0 Å². The molecule has 3 aromatic rings. The fourth-order valence-electron chi connectivity index (χ4n) is 3.70. The molecule has 1 aliphatic heterocycles. The Morgan fingerprint density at radius 3 is 2.76 bits per heavy atom. The highest BCUT2D eigenvalue weighted by molar-refractivity contribution is 5.77. The maximum Gasteiger partial charge on any atom is 0.227 e. The fraction of sp³-hybridized carbons (Fsp3) is 0.364. The number of nitrogens with zero attached hydrogens (tertiary/aromatic N) is 4. The highest BCUT2D eigenvalue weighted by Crippen LogP contribution is 2.33. The molecule has 0 radical (unpaired) electrons. The van der Waals surface area contributed by atoms with Crippen LogP contribution in [0, 0.1) is 0 Å². The van der Waals surface area contributed by atoms with Gasteiger partial charge in [0.05, 0.1) is 12.6 Å². The molecule has 0 saturated carbocycles. The first-order valence-corrected chi connectivity index (χ1v) is 10.00. The molecule has 0 bridgehead atoms. The summed E-state index contributed by atoms with van der Waals surface area (Å²) in [5.41, 5.74) is 1.99. The van der Waals surface area contributed by atoms with Crippen LogP contribution in [0.25, 0.3) is 11.4 Å². The van der Waals surface area contributed by atoms with Gasteiger partial charge in [0.1, 0.15) is 5.75 Å². The van der Waals surface area contributed by atoms with E-state index in [9.17, 15) is 4.79 Å². The fourth-order valence-corrected chi connectivity index (χ4v) is 3.70. The number of aromatic nitrogens is 3. The molecule has 1 aliphatic rings. The second-order valence-corrected chi connectivity index (χ2v) is 6.99. The van der Waals surface area contributed by atoms with Crippen molar-refractivity contribution in [1.29, 1.82) is 0 Å². The molecule has 0 aliphatic carbocycles. The maximum absolute atomic E-state index is 12.9. The number of ether oxygens (including phenoxy) is 1. The molecule has 2 aromatic heterocycles. The van der Waals surface area contributed by atoms with Crippen molar-refractivity contribution in [3.8, 4) is 17.1 Å². The van der Waals surface area contributed by atoms with Crippen molar-refractivity contribution in [3.63, 3.8) is 0 Å². The lowest BCUT2D eigenvalue weighted by Gasteiger charge is -2.25. The Labute approximate surface area is 169 Å². The number of amides is 1. The largest absolute Gasteiger partial charge is 0.494 e. The number of carbonyl (C=O) groups excluding carboxylic acids is 1. The topological polar surface area (TPSA) is 81.4 Å². The lowest BCUT2D eigenvalue weighted by Crippen LogP contribution is -2.30. The molecule has 1 aromatic carbocycles. The van der Waals surface area contributed by atoms with Gasteiger partial charge in [0.15, 0.2) is 0 Å². The van der Waals surface area contributed by atoms with E-state index in [1.807, 2.05) is 36.1 Å². The van der Waals surface area contributed by atoms with Gasteiger partial charge < -0.3 is 14.2 Å². The van der Waals surface area contributed by atoms with Crippen molar-refractivity contribution in [3.05, 3.63) is 60.2 Å². The first kappa shape index (κ1) is 19.1. The van der Waals surface area contributed by atoms with Crippen LogP contribution >= 0.6 is 0 Å². The number of carbonyl (C=O) groups is 1. The number of rotatable bonds is 7. The van der Waals surface area contributed by atoms with E-state index >= 15 is 0 Å². The van der Waals surface area contributed by atoms with Crippen LogP contribution < -0.4 is 4.74 Å². The second-order valence-electron chi connectivity index (χ2n) is 6.99. The SMILES string of the molecule is CCOc1ccc(C2CCCN2C(=O)CCc2nc(-c3ccncc3)no2)cc1. The Bertz CT molecular complexity index is 940. The zero-order valence-electron chi connectivity index (χ0n) is 16.5. The standard InChI is InChI=1S/C22H24N4O3/c1-2-28-18-7-5-16(6-8-18)19-4-3-15-26(19)21(27)10-9-20-24-22(25-29-20)17-11-13-23-14-12-17/h5-8,11-14,19H,2-4,9-10,15H2,1H3. The van der Waals surface area contributed by atoms with Crippen LogP contribution in [0.4, 0.5) is 0 Å². The highest BCUT2D eigenvalue weighted by Gasteiger charge is 2.29. The average Bonchev–Trinajstić information content (AvgIpc) is 3.43. The van der Waals surface area contributed by atoms with Crippen LogP contribution in [0.3, 0.4) is 0 Å². The van der Waals surface area contributed by atoms with Gasteiger partial charge in [-0.25, -0.2) is 0 Å². The number of hydrogen-bond donors (Lipinski definition) is 0. The van der Waals surface area contributed by atoms with Gasteiger partial charge in [0.2, 0.25) is 17.6 Å². The number of aryl methyl sites for hydroxylation is 1. The van der Waals surface area contributed by atoms with Crippen molar-refractivity contribution in [2.75, 3.05) is 13.2 Å². The molecule has 1 amide bonds. The van der Waals surface area contributed by atoms with E-state index in [2.05, 4.69) is 27.3 Å². The first-order chi connectivity index (χ1) is 14.2. The number of pyridine rings is 1. The molecule has 1 atom stereocenters. The quantitative estimate of drug-likeness (QED) is 0.608. The van der Waals surface area contributed by atoms with E-state index < -0.39 is 0 Å². The summed E-state index contributed by atoms with van der Waals surface area (Å²) < 4.78 is 10.8. The number of hydrogen-bond acceptors (Lipinski definition) is 6. The minimum absolute atomic E-state index is 0.116. The molecule has 3 heterocycles. The van der Waals surface area contributed by atoms with Gasteiger partial charge in [0, 0.05) is 37.3 Å². The smallest absolute Gasteiger partial charge is 0.227 e. The Kier molecular flexibility index (Phi) is 5.84. The third-order valence-electron chi connectivity index (χ3n) is 5.11. The number of likely N-dealkylation sites (tertiary alicyclic amines) is 1. The summed E-state index contributed by atoms with van der Waals surface area (Å²) in [6.45, 7) is 3.39. The molecular weight excluding hydrogens is 368 g/mol. The van der Waals surface area contributed by atoms with Gasteiger partial charge in [0.25, 0.3) is 0 Å². The van der Waals surface area contributed by atoms with Crippen LogP contribution in [0.5, 0.6) is 5.75 Å². The third kappa shape index (κ3) is 4.45. The van der Waals surface area contributed by atoms with Crippen LogP contribution in [-0.2, 0) is 11.2 Å². The molecule has 29 heavy (non-hydrogen) atoms. The van der Waals surface area contributed by atoms with Gasteiger partial charge in [-0.2, -0.15) is 4.98 Å². The summed E-state index contributed by atoms with van der Waals surface area (Å²) in [6, 6.07) is 11.8. The molecular formula is C22H24N4O3. The Morgan fingerprint density at radius 2 is 2.00 bits per heavy atom. The van der Waals surface area contributed by atoms with E-state index in [-0.39, 0.29) is 11.9 Å². The zero-order chi connectivity index (χ0) is 20.1. The van der Waals surface area contributed by atoms with E-state index in [0.717, 1.165) is 36.3 Å². The third-order valence-corrected chi connectivity index (χ3v) is 5.11. The van der Waals surface area contributed by atoms with Crippen molar-refractivity contribution in [2.45, 2.75) is 38.6 Å². The Morgan fingerprint density at radius 1 is 1.21 bits per heavy atom. The summed E-state index contributed by atoms with van der Waals surface area (Å²) in [6.07, 6.45) is 6.14. The summed E-state index contributed by atoms with van der Waals surface area (Å²) in [7, 11) is 0. The molecule has 0 N–H and O–H groups in total. The number of benzene rings is 1. The van der Waals surface area contributed by atoms with E-state index in [1.54, 1.807) is 12.4 Å². The summed E-state index contributed by atoms with van der Waals surface area (Å²) in [5, 5.41) is 4.00. The summed E-state index contributed by atoms with van der Waals surface area (Å²) >= 11 is 0. The van der Waals surface area contributed by atoms with E-state index in [0.29, 0.717) is 31.2 Å². The predicted octanol–water partition coefficient (Wildman–Crippen LogP) is 3.83. The minimum atomic E-state index is 0.116. The second kappa shape index (κ2) is 8.86. The summed E-state index contributed by atoms with van der Waals surface area (Å²) in [5.74, 6) is 1.96. The van der Waals surface area contributed by atoms with Crippen LogP contribution in [-0.4, -0.2) is 39.1 Å². The van der Waals surface area contributed by atoms with Crippen molar-refractivity contribution >= 4 is 5.91 Å². The predicted molar refractivity (Wildman–Crippen MR) is 107 cm³/mol.